The van der Waals surface area contributed by atoms with Gasteiger partial charge in [-0.05, 0) is 19.9 Å². The Hall–Kier alpha value is -3.58. The van der Waals surface area contributed by atoms with Crippen molar-refractivity contribution >= 4 is 28.2 Å². The monoisotopic (exact) mass is 416 g/mol. The van der Waals surface area contributed by atoms with Crippen molar-refractivity contribution in [1.29, 1.82) is 0 Å². The Kier molecular flexibility index (Phi) is 5.54. The summed E-state index contributed by atoms with van der Waals surface area (Å²) in [6, 6.07) is 20.3. The van der Waals surface area contributed by atoms with Gasteiger partial charge in [-0.1, -0.05) is 72.0 Å². The molecule has 0 aliphatic carbocycles. The number of nitrogens with one attached hydrogen (secondary N) is 1. The van der Waals surface area contributed by atoms with Crippen LogP contribution in [-0.2, 0) is 6.54 Å². The Morgan fingerprint density at radius 1 is 1.03 bits per heavy atom. The van der Waals surface area contributed by atoms with Gasteiger partial charge in [0.25, 0.3) is 5.91 Å². The van der Waals surface area contributed by atoms with E-state index in [1.165, 1.54) is 11.3 Å². The highest BCUT2D eigenvalue weighted by Gasteiger charge is 2.22. The zero-order valence-electron chi connectivity index (χ0n) is 16.6. The molecule has 0 atom stereocenters. The Labute approximate surface area is 178 Å². The molecule has 4 rings (SSSR count). The number of ketones is 1. The summed E-state index contributed by atoms with van der Waals surface area (Å²) in [6.45, 7) is 4.56. The van der Waals surface area contributed by atoms with Crippen LogP contribution in [0.4, 0.5) is 5.13 Å². The lowest BCUT2D eigenvalue weighted by Gasteiger charge is -2.02. The van der Waals surface area contributed by atoms with Crippen molar-refractivity contribution in [3.05, 3.63) is 88.6 Å². The fraction of sp³-hybridized carbons (Fsp3) is 0.130. The van der Waals surface area contributed by atoms with Gasteiger partial charge in [0.05, 0.1) is 5.69 Å². The molecule has 0 unspecified atom stereocenters. The molecule has 6 nitrogen and oxygen atoms in total. The van der Waals surface area contributed by atoms with E-state index in [-0.39, 0.29) is 11.7 Å². The van der Waals surface area contributed by atoms with E-state index in [4.69, 9.17) is 0 Å². The molecule has 0 saturated heterocycles. The third-order valence-corrected chi connectivity index (χ3v) is 5.62. The molecule has 0 spiro atoms. The number of amides is 1. The predicted octanol–water partition coefficient (Wildman–Crippen LogP) is 4.82. The van der Waals surface area contributed by atoms with Gasteiger partial charge in [0.1, 0.15) is 4.88 Å². The molecule has 0 aliphatic rings. The normalized spacial score (nSPS) is 10.7. The van der Waals surface area contributed by atoms with Crippen molar-refractivity contribution in [3.63, 3.8) is 0 Å². The standard InChI is InChI=1S/C23H20N4O2S/c1-3-27-15(2)14-18(26-27)22(29)25-23-24-19(16-10-6-4-7-11-16)21(30-23)20(28)17-12-8-5-9-13-17/h4-14H,3H2,1-2H3,(H,24,25,29). The number of aryl methyl sites for hydroxylation is 2. The Morgan fingerprint density at radius 2 is 1.70 bits per heavy atom. The van der Waals surface area contributed by atoms with E-state index in [0.29, 0.717) is 33.5 Å². The summed E-state index contributed by atoms with van der Waals surface area (Å²) in [5.74, 6) is -0.476. The summed E-state index contributed by atoms with van der Waals surface area (Å²) in [5, 5.41) is 7.47. The maximum atomic E-state index is 13.1. The highest BCUT2D eigenvalue weighted by molar-refractivity contribution is 7.18. The number of rotatable bonds is 6. The van der Waals surface area contributed by atoms with Gasteiger partial charge in [0, 0.05) is 23.4 Å². The third-order valence-electron chi connectivity index (χ3n) is 4.65. The summed E-state index contributed by atoms with van der Waals surface area (Å²) in [7, 11) is 0. The van der Waals surface area contributed by atoms with Gasteiger partial charge in [-0.15, -0.1) is 0 Å². The van der Waals surface area contributed by atoms with E-state index in [2.05, 4.69) is 15.4 Å². The fourth-order valence-electron chi connectivity index (χ4n) is 3.14. The van der Waals surface area contributed by atoms with E-state index in [1.807, 2.05) is 62.4 Å². The first-order valence-electron chi connectivity index (χ1n) is 9.58. The highest BCUT2D eigenvalue weighted by atomic mass is 32.1. The fourth-order valence-corrected chi connectivity index (χ4v) is 4.09. The van der Waals surface area contributed by atoms with Crippen LogP contribution < -0.4 is 5.32 Å². The molecule has 1 N–H and O–H groups in total. The minimum absolute atomic E-state index is 0.126. The van der Waals surface area contributed by atoms with Crippen molar-refractivity contribution in [1.82, 2.24) is 14.8 Å². The lowest BCUT2D eigenvalue weighted by atomic mass is 10.1. The SMILES string of the molecule is CCn1nc(C(=O)Nc2nc(-c3ccccc3)c(C(=O)c3ccccc3)s2)cc1C. The number of nitrogens with zero attached hydrogens (tertiary/aromatic N) is 3. The number of benzene rings is 2. The van der Waals surface area contributed by atoms with Gasteiger partial charge in [-0.2, -0.15) is 5.10 Å². The van der Waals surface area contributed by atoms with Crippen molar-refractivity contribution in [2.24, 2.45) is 0 Å². The molecular weight excluding hydrogens is 396 g/mol. The number of hydrogen-bond acceptors (Lipinski definition) is 5. The first-order chi connectivity index (χ1) is 14.6. The van der Waals surface area contributed by atoms with Gasteiger partial charge in [-0.3, -0.25) is 19.6 Å². The Bertz CT molecular complexity index is 1200. The van der Waals surface area contributed by atoms with Crippen LogP contribution in [0.3, 0.4) is 0 Å². The lowest BCUT2D eigenvalue weighted by molar-refractivity contribution is 0.101. The number of carbonyl (C=O) groups excluding carboxylic acids is 2. The summed E-state index contributed by atoms with van der Waals surface area (Å²) < 4.78 is 1.76. The molecule has 7 heteroatoms. The molecule has 2 heterocycles. The van der Waals surface area contributed by atoms with Gasteiger partial charge >= 0.3 is 0 Å². The van der Waals surface area contributed by atoms with E-state index in [0.717, 1.165) is 11.3 Å². The summed E-state index contributed by atoms with van der Waals surface area (Å²) in [5.41, 5.74) is 3.18. The first-order valence-corrected chi connectivity index (χ1v) is 10.4. The van der Waals surface area contributed by atoms with Crippen molar-refractivity contribution in [2.75, 3.05) is 5.32 Å². The van der Waals surface area contributed by atoms with Crippen LogP contribution in [0.5, 0.6) is 0 Å². The predicted molar refractivity (Wildman–Crippen MR) is 118 cm³/mol. The quantitative estimate of drug-likeness (QED) is 0.457. The van der Waals surface area contributed by atoms with Crippen molar-refractivity contribution < 1.29 is 9.59 Å². The second kappa shape index (κ2) is 8.42. The minimum Gasteiger partial charge on any atom is -0.296 e. The maximum Gasteiger partial charge on any atom is 0.277 e. The molecule has 2 aromatic heterocycles. The average Bonchev–Trinajstić information content (AvgIpc) is 3.38. The minimum atomic E-state index is -0.350. The zero-order chi connectivity index (χ0) is 21.1. The number of anilines is 1. The van der Waals surface area contributed by atoms with E-state index < -0.39 is 0 Å². The van der Waals surface area contributed by atoms with E-state index >= 15 is 0 Å². The summed E-state index contributed by atoms with van der Waals surface area (Å²) in [4.78, 5) is 30.9. The van der Waals surface area contributed by atoms with E-state index in [9.17, 15) is 9.59 Å². The van der Waals surface area contributed by atoms with Crippen LogP contribution in [0.15, 0.2) is 66.7 Å². The second-order valence-corrected chi connectivity index (χ2v) is 7.70. The van der Waals surface area contributed by atoms with Gasteiger partial charge in [-0.25, -0.2) is 4.98 Å². The topological polar surface area (TPSA) is 76.9 Å². The molecule has 2 aromatic carbocycles. The molecule has 1 amide bonds. The van der Waals surface area contributed by atoms with Crippen LogP contribution in [0.1, 0.15) is 38.3 Å². The molecular formula is C23H20N4O2S. The van der Waals surface area contributed by atoms with Gasteiger partial charge in [0.15, 0.2) is 10.8 Å². The number of aromatic nitrogens is 3. The van der Waals surface area contributed by atoms with Crippen molar-refractivity contribution in [2.45, 2.75) is 20.4 Å². The van der Waals surface area contributed by atoms with Crippen molar-refractivity contribution in [3.8, 4) is 11.3 Å². The molecule has 0 fully saturated rings. The zero-order valence-corrected chi connectivity index (χ0v) is 17.4. The highest BCUT2D eigenvalue weighted by Crippen LogP contribution is 2.33. The molecule has 150 valence electrons. The van der Waals surface area contributed by atoms with Gasteiger partial charge < -0.3 is 0 Å². The number of hydrogen-bond donors (Lipinski definition) is 1. The van der Waals surface area contributed by atoms with Crippen LogP contribution in [0, 0.1) is 6.92 Å². The second-order valence-electron chi connectivity index (χ2n) is 6.70. The Balaban J connectivity index is 1.70. The van der Waals surface area contributed by atoms with E-state index in [1.54, 1.807) is 22.9 Å². The third kappa shape index (κ3) is 3.92. The van der Waals surface area contributed by atoms with Crippen LogP contribution >= 0.6 is 11.3 Å². The van der Waals surface area contributed by atoms with Crippen LogP contribution in [0.2, 0.25) is 0 Å². The smallest absolute Gasteiger partial charge is 0.277 e. The number of carbonyl (C=O) groups is 2. The Morgan fingerprint density at radius 3 is 2.33 bits per heavy atom. The van der Waals surface area contributed by atoms with Crippen LogP contribution in [-0.4, -0.2) is 26.5 Å². The molecule has 0 radical (unpaired) electrons. The maximum absolute atomic E-state index is 13.1. The molecule has 0 bridgehead atoms. The molecule has 4 aromatic rings. The summed E-state index contributed by atoms with van der Waals surface area (Å²) in [6.07, 6.45) is 0. The first kappa shape index (κ1) is 19.7. The summed E-state index contributed by atoms with van der Waals surface area (Å²) >= 11 is 1.17. The molecule has 30 heavy (non-hydrogen) atoms. The number of thiazole rings is 1. The molecule has 0 saturated carbocycles. The average molecular weight is 417 g/mol. The van der Waals surface area contributed by atoms with Gasteiger partial charge in [0.2, 0.25) is 5.78 Å². The largest absolute Gasteiger partial charge is 0.296 e. The van der Waals surface area contributed by atoms with Crippen LogP contribution in [0.25, 0.3) is 11.3 Å². The lowest BCUT2D eigenvalue weighted by Crippen LogP contribution is -2.13. The molecule has 0 aliphatic heterocycles.